The third kappa shape index (κ3) is 6.34. The lowest BCUT2D eigenvalue weighted by Crippen LogP contribution is -2.39. The molecule has 8 bridgehead atoms. The number of hydrogen-bond donors (Lipinski definition) is 0. The van der Waals surface area contributed by atoms with Crippen LogP contribution in [0.25, 0.3) is 0 Å². The van der Waals surface area contributed by atoms with E-state index >= 15 is 0 Å². The maximum Gasteiger partial charge on any atom is 0.331 e. The van der Waals surface area contributed by atoms with E-state index in [1.807, 2.05) is 0 Å². The molecule has 8 aliphatic carbocycles. The van der Waals surface area contributed by atoms with Crippen LogP contribution in [0.4, 0.5) is 0 Å². The number of allylic oxidation sites excluding steroid dienone is 8. The maximum absolute atomic E-state index is 6.27. The van der Waals surface area contributed by atoms with Crippen molar-refractivity contribution in [1.82, 2.24) is 0 Å². The first-order valence-corrected chi connectivity index (χ1v) is 19.5. The third-order valence-electron chi connectivity index (χ3n) is 11.8. The van der Waals surface area contributed by atoms with Crippen molar-refractivity contribution in [1.29, 1.82) is 0 Å². The molecule has 0 aromatic carbocycles. The SMILES string of the molecule is C1=CC2CC1CC2COCOCC1CC2C=CC1C2.C[Si](C)(OCC1CC2C=CC1C2)OCC1CC2C=CC1C2. The quantitative estimate of drug-likeness (QED) is 0.106. The Labute approximate surface area is 243 Å². The Kier molecular flexibility index (Phi) is 8.31. The molecule has 8 rings (SSSR count). The van der Waals surface area contributed by atoms with E-state index in [1.54, 1.807) is 0 Å². The smallest absolute Gasteiger partial charge is 0.331 e. The predicted molar refractivity (Wildman–Crippen MR) is 162 cm³/mol. The summed E-state index contributed by atoms with van der Waals surface area (Å²) in [5, 5.41) is 0. The van der Waals surface area contributed by atoms with E-state index in [0.717, 1.165) is 97.4 Å². The Morgan fingerprint density at radius 2 is 0.775 bits per heavy atom. The number of rotatable bonds is 12. The Bertz CT molecular complexity index is 925. The van der Waals surface area contributed by atoms with E-state index in [9.17, 15) is 0 Å². The van der Waals surface area contributed by atoms with Gasteiger partial charge in [-0.25, -0.2) is 0 Å². The van der Waals surface area contributed by atoms with Gasteiger partial charge in [-0.3, -0.25) is 0 Å². The van der Waals surface area contributed by atoms with Crippen molar-refractivity contribution in [3.05, 3.63) is 48.6 Å². The molecule has 0 aromatic heterocycles. The topological polar surface area (TPSA) is 36.9 Å². The zero-order chi connectivity index (χ0) is 27.1. The molecule has 5 heteroatoms. The zero-order valence-corrected chi connectivity index (χ0v) is 25.9. The Morgan fingerprint density at radius 3 is 1.05 bits per heavy atom. The second kappa shape index (κ2) is 12.0. The first-order chi connectivity index (χ1) is 19.5. The molecule has 0 spiro atoms. The highest BCUT2D eigenvalue weighted by atomic mass is 28.4. The summed E-state index contributed by atoms with van der Waals surface area (Å²) in [7, 11) is -1.94. The van der Waals surface area contributed by atoms with E-state index in [2.05, 4.69) is 61.7 Å². The van der Waals surface area contributed by atoms with Crippen LogP contribution in [0.15, 0.2) is 48.6 Å². The molecule has 220 valence electrons. The highest BCUT2D eigenvalue weighted by Crippen LogP contribution is 2.46. The van der Waals surface area contributed by atoms with E-state index in [0.29, 0.717) is 6.79 Å². The lowest BCUT2D eigenvalue weighted by Gasteiger charge is -2.29. The molecule has 0 aliphatic heterocycles. The highest BCUT2D eigenvalue weighted by Gasteiger charge is 2.40. The van der Waals surface area contributed by atoms with E-state index in [1.165, 1.54) is 51.4 Å². The van der Waals surface area contributed by atoms with Crippen LogP contribution in [0, 0.1) is 71.0 Å². The van der Waals surface area contributed by atoms with Crippen LogP contribution < -0.4 is 0 Å². The lowest BCUT2D eigenvalue weighted by atomic mass is 9.94. The van der Waals surface area contributed by atoms with E-state index in [4.69, 9.17) is 18.3 Å². The van der Waals surface area contributed by atoms with Crippen molar-refractivity contribution in [3.8, 4) is 0 Å². The van der Waals surface area contributed by atoms with Gasteiger partial charge in [0.25, 0.3) is 0 Å². The van der Waals surface area contributed by atoms with Crippen molar-refractivity contribution in [3.63, 3.8) is 0 Å². The van der Waals surface area contributed by atoms with Gasteiger partial charge >= 0.3 is 8.56 Å². The highest BCUT2D eigenvalue weighted by molar-refractivity contribution is 6.64. The second-order valence-corrected chi connectivity index (χ2v) is 18.4. The molecule has 4 nitrogen and oxygen atoms in total. The van der Waals surface area contributed by atoms with Crippen LogP contribution in [-0.2, 0) is 18.3 Å². The van der Waals surface area contributed by atoms with Gasteiger partial charge < -0.3 is 18.3 Å². The van der Waals surface area contributed by atoms with Crippen LogP contribution in [0.1, 0.15) is 51.4 Å². The predicted octanol–water partition coefficient (Wildman–Crippen LogP) is 7.55. The molecule has 12 unspecified atom stereocenters. The molecule has 0 heterocycles. The standard InChI is InChI=1S/C18H28O2Si.C17H24O2/c1-21(2,19-11-17-9-13-3-5-15(17)7-13)20-12-18-10-14-4-6-16(18)8-14;1-3-14-5-12(1)7-16(14)9-18-11-19-10-17-8-13-2-4-15(17)6-13/h3-6,13-18H,7-12H2,1-2H3;1-4,12-17H,5-11H2. The number of hydrogen-bond acceptors (Lipinski definition) is 4. The normalized spacial score (nSPS) is 44.5. The summed E-state index contributed by atoms with van der Waals surface area (Å²) in [6.45, 7) is 8.56. The van der Waals surface area contributed by atoms with Gasteiger partial charge in [-0.05, 0) is 135 Å². The molecule has 0 amide bonds. The van der Waals surface area contributed by atoms with E-state index < -0.39 is 8.56 Å². The lowest BCUT2D eigenvalue weighted by molar-refractivity contribution is -0.0779. The summed E-state index contributed by atoms with van der Waals surface area (Å²) in [6, 6.07) is 0. The monoisotopic (exact) mass is 564 g/mol. The minimum absolute atomic E-state index is 0.495. The molecule has 4 fully saturated rings. The van der Waals surface area contributed by atoms with Gasteiger partial charge in [-0.15, -0.1) is 0 Å². The summed E-state index contributed by atoms with van der Waals surface area (Å²) in [6.07, 6.45) is 30.0. The Morgan fingerprint density at radius 1 is 0.450 bits per heavy atom. The van der Waals surface area contributed by atoms with Crippen molar-refractivity contribution >= 4 is 8.56 Å². The van der Waals surface area contributed by atoms with Gasteiger partial charge in [0.15, 0.2) is 0 Å². The molecule has 0 aromatic rings. The Hall–Kier alpha value is -0.983. The minimum Gasteiger partial charge on any atom is -0.394 e. The fourth-order valence-corrected chi connectivity index (χ4v) is 10.8. The maximum atomic E-state index is 6.27. The van der Waals surface area contributed by atoms with Crippen molar-refractivity contribution < 1.29 is 18.3 Å². The first-order valence-electron chi connectivity index (χ1n) is 16.6. The fourth-order valence-electron chi connectivity index (χ4n) is 9.46. The second-order valence-electron chi connectivity index (χ2n) is 15.0. The van der Waals surface area contributed by atoms with Crippen LogP contribution in [0.2, 0.25) is 13.1 Å². The fraction of sp³-hybridized carbons (Fsp3) is 0.771. The molecule has 12 atom stereocenters. The minimum atomic E-state index is -1.94. The summed E-state index contributed by atoms with van der Waals surface area (Å²) in [5.41, 5.74) is 0. The van der Waals surface area contributed by atoms with Gasteiger partial charge in [0.2, 0.25) is 0 Å². The molecular formula is C35H52O4Si. The van der Waals surface area contributed by atoms with E-state index in [-0.39, 0.29) is 0 Å². The average molecular weight is 565 g/mol. The summed E-state index contributed by atoms with van der Waals surface area (Å²) in [5.74, 6) is 9.55. The summed E-state index contributed by atoms with van der Waals surface area (Å²) in [4.78, 5) is 0. The molecule has 40 heavy (non-hydrogen) atoms. The van der Waals surface area contributed by atoms with Gasteiger partial charge in [-0.1, -0.05) is 48.6 Å². The molecule has 8 aliphatic rings. The van der Waals surface area contributed by atoms with Crippen molar-refractivity contribution in [2.75, 3.05) is 33.2 Å². The van der Waals surface area contributed by atoms with Gasteiger partial charge in [0.05, 0.1) is 13.2 Å². The molecule has 4 saturated carbocycles. The van der Waals surface area contributed by atoms with Gasteiger partial charge in [-0.2, -0.15) is 0 Å². The summed E-state index contributed by atoms with van der Waals surface area (Å²) >= 11 is 0. The number of fused-ring (bicyclic) bond motifs is 8. The van der Waals surface area contributed by atoms with Crippen molar-refractivity contribution in [2.24, 2.45) is 71.0 Å². The summed E-state index contributed by atoms with van der Waals surface area (Å²) < 4.78 is 24.0. The molecular weight excluding hydrogens is 512 g/mol. The first kappa shape index (κ1) is 27.8. The number of ether oxygens (including phenoxy) is 2. The van der Waals surface area contributed by atoms with Gasteiger partial charge in [0, 0.05) is 13.2 Å². The largest absolute Gasteiger partial charge is 0.394 e. The zero-order valence-electron chi connectivity index (χ0n) is 24.9. The van der Waals surface area contributed by atoms with Gasteiger partial charge in [0.1, 0.15) is 6.79 Å². The average Bonchev–Trinajstić information content (AvgIpc) is 3.81. The van der Waals surface area contributed by atoms with Crippen LogP contribution in [0.5, 0.6) is 0 Å². The molecule has 0 saturated heterocycles. The third-order valence-corrected chi connectivity index (χ3v) is 13.5. The Balaban J connectivity index is 0.000000133. The van der Waals surface area contributed by atoms with Crippen molar-refractivity contribution in [2.45, 2.75) is 64.5 Å². The molecule has 0 N–H and O–H groups in total. The van der Waals surface area contributed by atoms with Crippen LogP contribution in [-0.4, -0.2) is 41.8 Å². The molecule has 0 radical (unpaired) electrons. The van der Waals surface area contributed by atoms with Crippen LogP contribution >= 0.6 is 0 Å². The van der Waals surface area contributed by atoms with Crippen LogP contribution in [0.3, 0.4) is 0 Å².